The number of rotatable bonds is 4. The fourth-order valence-electron chi connectivity index (χ4n) is 1.64. The Kier molecular flexibility index (Phi) is 4.18. The first kappa shape index (κ1) is 12.9. The Morgan fingerprint density at radius 2 is 2.11 bits per heavy atom. The van der Waals surface area contributed by atoms with Crippen LogP contribution in [0, 0.1) is 6.92 Å². The maximum absolute atomic E-state index is 9.23. The fourth-order valence-corrected chi connectivity index (χ4v) is 1.84. The van der Waals surface area contributed by atoms with E-state index in [0.717, 1.165) is 11.4 Å². The number of ether oxygens (including phenoxy) is 1. The molecule has 94 valence electrons. The zero-order valence-corrected chi connectivity index (χ0v) is 10.8. The van der Waals surface area contributed by atoms with Gasteiger partial charge < -0.3 is 9.84 Å². The van der Waals surface area contributed by atoms with Gasteiger partial charge in [-0.2, -0.15) is 0 Å². The molecule has 0 aliphatic rings. The molecule has 0 spiro atoms. The van der Waals surface area contributed by atoms with Gasteiger partial charge in [0.2, 0.25) is 0 Å². The lowest BCUT2D eigenvalue weighted by Gasteiger charge is -2.10. The summed E-state index contributed by atoms with van der Waals surface area (Å²) in [7, 11) is 0. The molecule has 0 atom stereocenters. The molecule has 0 amide bonds. The summed E-state index contributed by atoms with van der Waals surface area (Å²) >= 11 is 5.85. The number of hydrogen-bond acceptors (Lipinski definition) is 3. The molecule has 0 saturated heterocycles. The average Bonchev–Trinajstić information content (AvgIpc) is 2.37. The number of hydrogen-bond donors (Lipinski definition) is 1. The first-order valence-corrected chi connectivity index (χ1v) is 6.01. The number of halogens is 1. The van der Waals surface area contributed by atoms with Crippen LogP contribution in [0.2, 0.25) is 5.02 Å². The van der Waals surface area contributed by atoms with Crippen molar-refractivity contribution in [3.63, 3.8) is 0 Å². The third-order valence-electron chi connectivity index (χ3n) is 2.51. The Bertz CT molecular complexity index is 543. The van der Waals surface area contributed by atoms with E-state index in [2.05, 4.69) is 4.98 Å². The summed E-state index contributed by atoms with van der Waals surface area (Å²) < 4.78 is 5.64. The van der Waals surface area contributed by atoms with Crippen LogP contribution >= 0.6 is 11.6 Å². The molecule has 1 aromatic carbocycles. The molecular weight excluding hydrogens is 250 g/mol. The average molecular weight is 264 g/mol. The predicted molar refractivity (Wildman–Crippen MR) is 70.7 cm³/mol. The largest absolute Gasteiger partial charge is 0.487 e. The zero-order valence-electron chi connectivity index (χ0n) is 10.1. The Balaban J connectivity index is 2.10. The van der Waals surface area contributed by atoms with Crippen LogP contribution in [0.4, 0.5) is 0 Å². The van der Waals surface area contributed by atoms with E-state index in [-0.39, 0.29) is 6.61 Å². The fraction of sp³-hybridized carbons (Fsp3) is 0.214. The van der Waals surface area contributed by atoms with E-state index < -0.39 is 0 Å². The molecule has 2 aromatic rings. The van der Waals surface area contributed by atoms with Crippen molar-refractivity contribution in [1.29, 1.82) is 0 Å². The minimum atomic E-state index is -0.100. The van der Waals surface area contributed by atoms with E-state index in [1.54, 1.807) is 18.2 Å². The second kappa shape index (κ2) is 5.85. The maximum atomic E-state index is 9.23. The molecule has 0 bridgehead atoms. The Morgan fingerprint density at radius 3 is 2.83 bits per heavy atom. The minimum Gasteiger partial charge on any atom is -0.487 e. The van der Waals surface area contributed by atoms with Gasteiger partial charge >= 0.3 is 0 Å². The molecule has 1 aromatic heterocycles. The summed E-state index contributed by atoms with van der Waals surface area (Å²) in [6.45, 7) is 2.21. The van der Waals surface area contributed by atoms with E-state index in [9.17, 15) is 5.11 Å². The van der Waals surface area contributed by atoms with Gasteiger partial charge in [-0.25, -0.2) is 0 Å². The van der Waals surface area contributed by atoms with Gasteiger partial charge in [0, 0.05) is 16.3 Å². The molecule has 2 rings (SSSR count). The van der Waals surface area contributed by atoms with Crippen LogP contribution in [0.25, 0.3) is 0 Å². The van der Waals surface area contributed by atoms with Crippen molar-refractivity contribution >= 4 is 11.6 Å². The molecule has 0 aliphatic carbocycles. The first-order valence-electron chi connectivity index (χ1n) is 5.63. The standard InChI is InChI=1S/C14H14ClNO2/c1-10-3-2-4-13(16-10)9-18-14-6-5-12(15)7-11(14)8-17/h2-7,17H,8-9H2,1H3. The third-order valence-corrected chi connectivity index (χ3v) is 2.75. The van der Waals surface area contributed by atoms with Crippen LogP contribution in [0.15, 0.2) is 36.4 Å². The lowest BCUT2D eigenvalue weighted by molar-refractivity contribution is 0.257. The molecule has 0 fully saturated rings. The van der Waals surface area contributed by atoms with E-state index >= 15 is 0 Å². The SMILES string of the molecule is Cc1cccc(COc2ccc(Cl)cc2CO)n1. The maximum Gasteiger partial charge on any atom is 0.130 e. The van der Waals surface area contributed by atoms with Crippen LogP contribution in [0.1, 0.15) is 17.0 Å². The summed E-state index contributed by atoms with van der Waals surface area (Å²) in [6, 6.07) is 11.0. The van der Waals surface area contributed by atoms with Crippen molar-refractivity contribution in [3.05, 3.63) is 58.4 Å². The Morgan fingerprint density at radius 1 is 1.28 bits per heavy atom. The lowest BCUT2D eigenvalue weighted by Crippen LogP contribution is -2.01. The summed E-state index contributed by atoms with van der Waals surface area (Å²) in [5, 5.41) is 9.81. The van der Waals surface area contributed by atoms with Crippen molar-refractivity contribution < 1.29 is 9.84 Å². The van der Waals surface area contributed by atoms with Gasteiger partial charge in [0.1, 0.15) is 12.4 Å². The third kappa shape index (κ3) is 3.22. The van der Waals surface area contributed by atoms with Crippen molar-refractivity contribution in [1.82, 2.24) is 4.98 Å². The van der Waals surface area contributed by atoms with E-state index in [1.807, 2.05) is 25.1 Å². The molecule has 0 unspecified atom stereocenters. The highest BCUT2D eigenvalue weighted by Crippen LogP contribution is 2.23. The van der Waals surface area contributed by atoms with Crippen molar-refractivity contribution in [2.45, 2.75) is 20.1 Å². The topological polar surface area (TPSA) is 42.4 Å². The van der Waals surface area contributed by atoms with Gasteiger partial charge in [-0.05, 0) is 37.3 Å². The number of aryl methyl sites for hydroxylation is 1. The van der Waals surface area contributed by atoms with Crippen LogP contribution < -0.4 is 4.74 Å². The van der Waals surface area contributed by atoms with Gasteiger partial charge in [-0.15, -0.1) is 0 Å². The second-order valence-electron chi connectivity index (χ2n) is 3.97. The molecule has 4 heteroatoms. The highest BCUT2D eigenvalue weighted by atomic mass is 35.5. The van der Waals surface area contributed by atoms with Crippen molar-refractivity contribution in [3.8, 4) is 5.75 Å². The zero-order chi connectivity index (χ0) is 13.0. The summed E-state index contributed by atoms with van der Waals surface area (Å²) in [5.74, 6) is 0.630. The molecule has 0 saturated carbocycles. The van der Waals surface area contributed by atoms with Crippen LogP contribution in [0.5, 0.6) is 5.75 Å². The lowest BCUT2D eigenvalue weighted by atomic mass is 10.2. The monoisotopic (exact) mass is 263 g/mol. The number of pyridine rings is 1. The quantitative estimate of drug-likeness (QED) is 0.922. The van der Waals surface area contributed by atoms with Gasteiger partial charge in [0.15, 0.2) is 0 Å². The minimum absolute atomic E-state index is 0.100. The van der Waals surface area contributed by atoms with Crippen molar-refractivity contribution in [2.24, 2.45) is 0 Å². The Hall–Kier alpha value is -1.58. The van der Waals surface area contributed by atoms with Gasteiger partial charge in [-0.1, -0.05) is 17.7 Å². The van der Waals surface area contributed by atoms with Gasteiger partial charge in [-0.3, -0.25) is 4.98 Å². The van der Waals surface area contributed by atoms with Gasteiger partial charge in [0.25, 0.3) is 0 Å². The number of nitrogens with zero attached hydrogens (tertiary/aromatic N) is 1. The molecular formula is C14H14ClNO2. The van der Waals surface area contributed by atoms with E-state index in [0.29, 0.717) is 22.9 Å². The molecule has 3 nitrogen and oxygen atoms in total. The summed E-state index contributed by atoms with van der Waals surface area (Å²) in [5.41, 5.74) is 2.48. The first-order chi connectivity index (χ1) is 8.69. The van der Waals surface area contributed by atoms with E-state index in [1.165, 1.54) is 0 Å². The molecule has 18 heavy (non-hydrogen) atoms. The highest BCUT2D eigenvalue weighted by molar-refractivity contribution is 6.30. The Labute approximate surface area is 111 Å². The predicted octanol–water partition coefficient (Wildman–Crippen LogP) is 3.11. The number of aliphatic hydroxyl groups is 1. The molecule has 1 heterocycles. The molecule has 0 aliphatic heterocycles. The summed E-state index contributed by atoms with van der Waals surface area (Å²) in [6.07, 6.45) is 0. The molecule has 1 N–H and O–H groups in total. The highest BCUT2D eigenvalue weighted by Gasteiger charge is 2.04. The number of benzene rings is 1. The number of aliphatic hydroxyl groups excluding tert-OH is 1. The van der Waals surface area contributed by atoms with E-state index in [4.69, 9.17) is 16.3 Å². The normalized spacial score (nSPS) is 10.4. The van der Waals surface area contributed by atoms with Crippen LogP contribution in [-0.2, 0) is 13.2 Å². The van der Waals surface area contributed by atoms with Crippen LogP contribution in [-0.4, -0.2) is 10.1 Å². The smallest absolute Gasteiger partial charge is 0.130 e. The van der Waals surface area contributed by atoms with Crippen molar-refractivity contribution in [2.75, 3.05) is 0 Å². The van der Waals surface area contributed by atoms with Crippen LogP contribution in [0.3, 0.4) is 0 Å². The second-order valence-corrected chi connectivity index (χ2v) is 4.41. The van der Waals surface area contributed by atoms with Gasteiger partial charge in [0.05, 0.1) is 12.3 Å². The molecule has 0 radical (unpaired) electrons. The number of aromatic nitrogens is 1. The summed E-state index contributed by atoms with van der Waals surface area (Å²) in [4.78, 5) is 4.35.